The van der Waals surface area contributed by atoms with Gasteiger partial charge in [-0.05, 0) is 18.4 Å². The van der Waals surface area contributed by atoms with Gasteiger partial charge in [-0.25, -0.2) is 0 Å². The van der Waals surface area contributed by atoms with Crippen LogP contribution in [0.1, 0.15) is 18.9 Å². The predicted molar refractivity (Wildman–Crippen MR) is 71.3 cm³/mol. The van der Waals surface area contributed by atoms with Gasteiger partial charge in [-0.15, -0.1) is 6.58 Å². The van der Waals surface area contributed by atoms with Gasteiger partial charge >= 0.3 is 5.97 Å². The van der Waals surface area contributed by atoms with Crippen LogP contribution < -0.4 is 0 Å². The largest absolute Gasteiger partial charge is 0.463 e. The second-order valence-electron chi connectivity index (χ2n) is 4.05. The molecule has 3 heteroatoms. The first-order valence-corrected chi connectivity index (χ1v) is 6.12. The van der Waals surface area contributed by atoms with Gasteiger partial charge in [0.05, 0.1) is 12.7 Å². The SMILES string of the molecule is C=CCC(Cc1ccccc1)OCCOC(C)=O. The van der Waals surface area contributed by atoms with E-state index in [0.717, 1.165) is 12.8 Å². The number of hydrogen-bond donors (Lipinski definition) is 0. The lowest BCUT2D eigenvalue weighted by Gasteiger charge is -2.16. The Hall–Kier alpha value is -1.61. The van der Waals surface area contributed by atoms with Crippen LogP contribution in [0.25, 0.3) is 0 Å². The predicted octanol–water partition coefficient (Wildman–Crippen LogP) is 2.75. The van der Waals surface area contributed by atoms with Gasteiger partial charge in [-0.2, -0.15) is 0 Å². The molecule has 0 N–H and O–H groups in total. The van der Waals surface area contributed by atoms with Crippen LogP contribution >= 0.6 is 0 Å². The molecule has 0 amide bonds. The Bertz CT molecular complexity index is 359. The fraction of sp³-hybridized carbons (Fsp3) is 0.400. The van der Waals surface area contributed by atoms with E-state index in [2.05, 4.69) is 18.7 Å². The van der Waals surface area contributed by atoms with Crippen LogP contribution in [0.4, 0.5) is 0 Å². The first-order chi connectivity index (χ1) is 8.72. The molecule has 1 aromatic carbocycles. The molecule has 0 bridgehead atoms. The van der Waals surface area contributed by atoms with Gasteiger partial charge in [-0.3, -0.25) is 4.79 Å². The topological polar surface area (TPSA) is 35.5 Å². The zero-order valence-electron chi connectivity index (χ0n) is 10.8. The molecular formula is C15H20O3. The number of hydrogen-bond acceptors (Lipinski definition) is 3. The van der Waals surface area contributed by atoms with E-state index in [-0.39, 0.29) is 12.1 Å². The molecule has 0 aliphatic rings. The van der Waals surface area contributed by atoms with Gasteiger partial charge in [0, 0.05) is 6.92 Å². The summed E-state index contributed by atoms with van der Waals surface area (Å²) in [5.41, 5.74) is 1.23. The molecule has 0 spiro atoms. The first kappa shape index (κ1) is 14.5. The average molecular weight is 248 g/mol. The lowest BCUT2D eigenvalue weighted by atomic mass is 10.1. The number of ether oxygens (including phenoxy) is 2. The Morgan fingerprint density at radius 1 is 1.33 bits per heavy atom. The van der Waals surface area contributed by atoms with E-state index in [1.54, 1.807) is 0 Å². The quantitative estimate of drug-likeness (QED) is 0.403. The maximum atomic E-state index is 10.6. The van der Waals surface area contributed by atoms with Crippen molar-refractivity contribution in [3.8, 4) is 0 Å². The summed E-state index contributed by atoms with van der Waals surface area (Å²) in [6.07, 6.45) is 3.56. The second-order valence-corrected chi connectivity index (χ2v) is 4.05. The molecule has 3 nitrogen and oxygen atoms in total. The summed E-state index contributed by atoms with van der Waals surface area (Å²) in [6.45, 7) is 5.85. The summed E-state index contributed by atoms with van der Waals surface area (Å²) in [6, 6.07) is 10.2. The van der Waals surface area contributed by atoms with E-state index in [1.807, 2.05) is 24.3 Å². The maximum Gasteiger partial charge on any atom is 0.302 e. The van der Waals surface area contributed by atoms with E-state index in [9.17, 15) is 4.79 Å². The van der Waals surface area contributed by atoms with Crippen LogP contribution in [-0.4, -0.2) is 25.3 Å². The molecule has 0 saturated carbocycles. The van der Waals surface area contributed by atoms with Crippen LogP contribution in [0.3, 0.4) is 0 Å². The van der Waals surface area contributed by atoms with Gasteiger partial charge < -0.3 is 9.47 Å². The van der Waals surface area contributed by atoms with E-state index in [4.69, 9.17) is 9.47 Å². The minimum atomic E-state index is -0.276. The van der Waals surface area contributed by atoms with E-state index in [1.165, 1.54) is 12.5 Å². The number of esters is 1. The highest BCUT2D eigenvalue weighted by Gasteiger charge is 2.08. The molecule has 1 rings (SSSR count). The van der Waals surface area contributed by atoms with E-state index in [0.29, 0.717) is 13.2 Å². The first-order valence-electron chi connectivity index (χ1n) is 6.12. The standard InChI is InChI=1S/C15H20O3/c1-3-7-15(18-11-10-17-13(2)16)12-14-8-5-4-6-9-14/h3-6,8-9,15H,1,7,10-12H2,2H3. The molecular weight excluding hydrogens is 228 g/mol. The summed E-state index contributed by atoms with van der Waals surface area (Å²) in [5, 5.41) is 0. The van der Waals surface area contributed by atoms with Crippen LogP contribution in [0.2, 0.25) is 0 Å². The van der Waals surface area contributed by atoms with E-state index >= 15 is 0 Å². The third kappa shape index (κ3) is 6.21. The van der Waals surface area contributed by atoms with Crippen LogP contribution in [0.5, 0.6) is 0 Å². The van der Waals surface area contributed by atoms with Crippen molar-refractivity contribution in [1.29, 1.82) is 0 Å². The fourth-order valence-electron chi connectivity index (χ4n) is 1.67. The summed E-state index contributed by atoms with van der Waals surface area (Å²) < 4.78 is 10.5. The zero-order chi connectivity index (χ0) is 13.2. The fourth-order valence-corrected chi connectivity index (χ4v) is 1.67. The summed E-state index contributed by atoms with van der Waals surface area (Å²) in [5.74, 6) is -0.276. The van der Waals surface area contributed by atoms with Gasteiger partial charge in [0.15, 0.2) is 0 Å². The van der Waals surface area contributed by atoms with Crippen molar-refractivity contribution < 1.29 is 14.3 Å². The molecule has 1 atom stereocenters. The van der Waals surface area contributed by atoms with E-state index < -0.39 is 0 Å². The van der Waals surface area contributed by atoms with Crippen molar-refractivity contribution in [3.63, 3.8) is 0 Å². The number of carbonyl (C=O) groups is 1. The minimum Gasteiger partial charge on any atom is -0.463 e. The van der Waals surface area contributed by atoms with Crippen molar-refractivity contribution in [3.05, 3.63) is 48.6 Å². The number of carbonyl (C=O) groups excluding carboxylic acids is 1. The van der Waals surface area contributed by atoms with Crippen molar-refractivity contribution in [2.75, 3.05) is 13.2 Å². The zero-order valence-corrected chi connectivity index (χ0v) is 10.8. The Morgan fingerprint density at radius 3 is 2.67 bits per heavy atom. The van der Waals surface area contributed by atoms with Crippen molar-refractivity contribution in [1.82, 2.24) is 0 Å². The van der Waals surface area contributed by atoms with Crippen molar-refractivity contribution >= 4 is 5.97 Å². The lowest BCUT2D eigenvalue weighted by Crippen LogP contribution is -2.19. The van der Waals surface area contributed by atoms with Crippen molar-refractivity contribution in [2.45, 2.75) is 25.9 Å². The third-order valence-electron chi connectivity index (χ3n) is 2.48. The molecule has 0 radical (unpaired) electrons. The Kier molecular flexibility index (Phi) is 6.81. The summed E-state index contributed by atoms with van der Waals surface area (Å²) >= 11 is 0. The minimum absolute atomic E-state index is 0.0838. The molecule has 18 heavy (non-hydrogen) atoms. The molecule has 98 valence electrons. The van der Waals surface area contributed by atoms with Crippen molar-refractivity contribution in [2.24, 2.45) is 0 Å². The van der Waals surface area contributed by atoms with Gasteiger partial charge in [0.1, 0.15) is 6.61 Å². The number of benzene rings is 1. The third-order valence-corrected chi connectivity index (χ3v) is 2.48. The van der Waals surface area contributed by atoms with Crippen LogP contribution in [0, 0.1) is 0 Å². The lowest BCUT2D eigenvalue weighted by molar-refractivity contribution is -0.143. The summed E-state index contributed by atoms with van der Waals surface area (Å²) in [4.78, 5) is 10.6. The van der Waals surface area contributed by atoms with Crippen LogP contribution in [-0.2, 0) is 20.7 Å². The number of rotatable bonds is 8. The second kappa shape index (κ2) is 8.48. The molecule has 0 aromatic heterocycles. The molecule has 1 aromatic rings. The maximum absolute atomic E-state index is 10.6. The van der Waals surface area contributed by atoms with Gasteiger partial charge in [-0.1, -0.05) is 36.4 Å². The molecule has 0 fully saturated rings. The highest BCUT2D eigenvalue weighted by atomic mass is 16.6. The Morgan fingerprint density at radius 2 is 2.06 bits per heavy atom. The smallest absolute Gasteiger partial charge is 0.302 e. The molecule has 0 aliphatic carbocycles. The highest BCUT2D eigenvalue weighted by Crippen LogP contribution is 2.09. The van der Waals surface area contributed by atoms with Gasteiger partial charge in [0.25, 0.3) is 0 Å². The molecule has 0 aliphatic heterocycles. The monoisotopic (exact) mass is 248 g/mol. The van der Waals surface area contributed by atoms with Crippen LogP contribution in [0.15, 0.2) is 43.0 Å². The average Bonchev–Trinajstić information content (AvgIpc) is 2.36. The molecule has 0 heterocycles. The van der Waals surface area contributed by atoms with Gasteiger partial charge in [0.2, 0.25) is 0 Å². The Balaban J connectivity index is 2.35. The Labute approximate surface area is 108 Å². The molecule has 1 unspecified atom stereocenters. The summed E-state index contributed by atoms with van der Waals surface area (Å²) in [7, 11) is 0. The molecule has 0 saturated heterocycles. The normalized spacial score (nSPS) is 11.8. The highest BCUT2D eigenvalue weighted by molar-refractivity contribution is 5.65.